The van der Waals surface area contributed by atoms with Crippen LogP contribution in [-0.4, -0.2) is 5.66 Å². The van der Waals surface area contributed by atoms with Crippen LogP contribution in [0.2, 0.25) is 0 Å². The standard InChI is InChI=1S/C12H10.C5H11P/c1-3-7-11(8-4-1)12-9-5-2-6-10-12;6-5-3-1-2-4-5/h1-10H;5H,1-4,6H2. The minimum absolute atomic E-state index is 0.963. The summed E-state index contributed by atoms with van der Waals surface area (Å²) in [6.07, 6.45) is 5.83. The Bertz CT molecular complexity index is 392. The molecule has 1 aliphatic carbocycles. The van der Waals surface area contributed by atoms with E-state index in [9.17, 15) is 0 Å². The van der Waals surface area contributed by atoms with Gasteiger partial charge in [-0.1, -0.05) is 73.5 Å². The molecule has 1 atom stereocenters. The van der Waals surface area contributed by atoms with Crippen molar-refractivity contribution in [3.05, 3.63) is 60.7 Å². The van der Waals surface area contributed by atoms with Gasteiger partial charge in [-0.25, -0.2) is 0 Å². The zero-order valence-corrected chi connectivity index (χ0v) is 11.9. The summed E-state index contributed by atoms with van der Waals surface area (Å²) >= 11 is 0. The summed E-state index contributed by atoms with van der Waals surface area (Å²) in [5, 5.41) is 0. The fourth-order valence-electron chi connectivity index (χ4n) is 2.22. The molecular weight excluding hydrogens is 235 g/mol. The van der Waals surface area contributed by atoms with Gasteiger partial charge in [-0.2, -0.15) is 0 Å². The van der Waals surface area contributed by atoms with Gasteiger partial charge in [0.15, 0.2) is 0 Å². The minimum atomic E-state index is 0.963. The molecule has 0 heterocycles. The first-order valence-corrected chi connectivity index (χ1v) is 7.39. The second-order valence-electron chi connectivity index (χ2n) is 4.78. The summed E-state index contributed by atoms with van der Waals surface area (Å²) in [7, 11) is 2.87. The van der Waals surface area contributed by atoms with Crippen molar-refractivity contribution in [2.24, 2.45) is 0 Å². The molecular formula is C17H21P. The van der Waals surface area contributed by atoms with Gasteiger partial charge in [0, 0.05) is 0 Å². The van der Waals surface area contributed by atoms with E-state index in [2.05, 4.69) is 57.8 Å². The largest absolute Gasteiger partial charge is 0.134 e. The van der Waals surface area contributed by atoms with Gasteiger partial charge in [-0.15, -0.1) is 9.24 Å². The summed E-state index contributed by atoms with van der Waals surface area (Å²) in [6, 6.07) is 20.8. The van der Waals surface area contributed by atoms with Gasteiger partial charge in [0.25, 0.3) is 0 Å². The molecule has 0 saturated heterocycles. The molecule has 0 amide bonds. The van der Waals surface area contributed by atoms with Gasteiger partial charge < -0.3 is 0 Å². The lowest BCUT2D eigenvalue weighted by molar-refractivity contribution is 0.886. The zero-order valence-electron chi connectivity index (χ0n) is 10.8. The Morgan fingerprint density at radius 3 is 1.33 bits per heavy atom. The maximum absolute atomic E-state index is 2.87. The van der Waals surface area contributed by atoms with Gasteiger partial charge in [0.2, 0.25) is 0 Å². The van der Waals surface area contributed by atoms with E-state index in [0.29, 0.717) is 0 Å². The monoisotopic (exact) mass is 256 g/mol. The summed E-state index contributed by atoms with van der Waals surface area (Å²) in [5.74, 6) is 0. The van der Waals surface area contributed by atoms with Crippen molar-refractivity contribution in [1.29, 1.82) is 0 Å². The topological polar surface area (TPSA) is 0 Å². The van der Waals surface area contributed by atoms with Crippen molar-refractivity contribution in [2.45, 2.75) is 31.3 Å². The molecule has 1 saturated carbocycles. The van der Waals surface area contributed by atoms with Crippen molar-refractivity contribution in [3.63, 3.8) is 0 Å². The van der Waals surface area contributed by atoms with Crippen LogP contribution in [0.25, 0.3) is 11.1 Å². The summed E-state index contributed by atoms with van der Waals surface area (Å²) in [6.45, 7) is 0. The Labute approximate surface area is 113 Å². The lowest BCUT2D eigenvalue weighted by atomic mass is 10.1. The zero-order chi connectivity index (χ0) is 12.6. The molecule has 0 N–H and O–H groups in total. The Balaban J connectivity index is 0.000000169. The summed E-state index contributed by atoms with van der Waals surface area (Å²) < 4.78 is 0. The predicted molar refractivity (Wildman–Crippen MR) is 83.8 cm³/mol. The fraction of sp³-hybridized carbons (Fsp3) is 0.294. The Morgan fingerprint density at radius 1 is 0.667 bits per heavy atom. The van der Waals surface area contributed by atoms with Crippen molar-refractivity contribution in [1.82, 2.24) is 0 Å². The molecule has 2 aromatic carbocycles. The molecule has 18 heavy (non-hydrogen) atoms. The van der Waals surface area contributed by atoms with E-state index in [1.807, 2.05) is 12.1 Å². The van der Waals surface area contributed by atoms with Gasteiger partial charge in [-0.3, -0.25) is 0 Å². The smallest absolute Gasteiger partial charge is 0.0184 e. The second kappa shape index (κ2) is 7.34. The molecule has 1 unspecified atom stereocenters. The lowest BCUT2D eigenvalue weighted by Crippen LogP contribution is -1.81. The van der Waals surface area contributed by atoms with Crippen molar-refractivity contribution < 1.29 is 0 Å². The molecule has 1 fully saturated rings. The Hall–Kier alpha value is -1.13. The Kier molecular flexibility index (Phi) is 5.42. The molecule has 0 nitrogen and oxygen atoms in total. The average molecular weight is 256 g/mol. The molecule has 0 aliphatic heterocycles. The van der Waals surface area contributed by atoms with Gasteiger partial charge >= 0.3 is 0 Å². The molecule has 0 radical (unpaired) electrons. The molecule has 2 aromatic rings. The third-order valence-electron chi connectivity index (χ3n) is 3.28. The van der Waals surface area contributed by atoms with Gasteiger partial charge in [0.1, 0.15) is 0 Å². The highest BCUT2D eigenvalue weighted by atomic mass is 31.0. The maximum atomic E-state index is 2.87. The van der Waals surface area contributed by atoms with Crippen molar-refractivity contribution in [3.8, 4) is 11.1 Å². The first kappa shape index (κ1) is 13.3. The van der Waals surface area contributed by atoms with Gasteiger partial charge in [0.05, 0.1) is 0 Å². The second-order valence-corrected chi connectivity index (χ2v) is 5.72. The van der Waals surface area contributed by atoms with Crippen LogP contribution in [0.1, 0.15) is 25.7 Å². The molecule has 1 heteroatoms. The van der Waals surface area contributed by atoms with Crippen LogP contribution in [0.4, 0.5) is 0 Å². The van der Waals surface area contributed by atoms with Crippen LogP contribution in [0, 0.1) is 0 Å². The van der Waals surface area contributed by atoms with Crippen molar-refractivity contribution in [2.75, 3.05) is 0 Å². The van der Waals surface area contributed by atoms with E-state index in [4.69, 9.17) is 0 Å². The highest BCUT2D eigenvalue weighted by Crippen LogP contribution is 2.24. The van der Waals surface area contributed by atoms with E-state index >= 15 is 0 Å². The maximum Gasteiger partial charge on any atom is -0.0184 e. The predicted octanol–water partition coefficient (Wildman–Crippen LogP) is 5.16. The highest BCUT2D eigenvalue weighted by Gasteiger charge is 2.07. The fourth-order valence-corrected chi connectivity index (χ4v) is 2.69. The van der Waals surface area contributed by atoms with E-state index in [0.717, 1.165) is 5.66 Å². The molecule has 94 valence electrons. The molecule has 0 bridgehead atoms. The third-order valence-corrected chi connectivity index (χ3v) is 3.95. The van der Waals surface area contributed by atoms with Gasteiger partial charge in [-0.05, 0) is 29.6 Å². The summed E-state index contributed by atoms with van der Waals surface area (Å²) in [4.78, 5) is 0. The molecule has 0 aromatic heterocycles. The Morgan fingerprint density at radius 2 is 1.06 bits per heavy atom. The summed E-state index contributed by atoms with van der Waals surface area (Å²) in [5.41, 5.74) is 3.51. The first-order chi connectivity index (χ1) is 8.86. The average Bonchev–Trinajstić information content (AvgIpc) is 2.93. The van der Waals surface area contributed by atoms with Crippen LogP contribution in [0.5, 0.6) is 0 Å². The number of rotatable bonds is 1. The molecule has 3 rings (SSSR count). The van der Waals surface area contributed by atoms with Crippen LogP contribution in [0.15, 0.2) is 60.7 Å². The lowest BCUT2D eigenvalue weighted by Gasteiger charge is -1.98. The highest BCUT2D eigenvalue weighted by molar-refractivity contribution is 7.17. The van der Waals surface area contributed by atoms with Crippen LogP contribution in [0.3, 0.4) is 0 Å². The first-order valence-electron chi connectivity index (χ1n) is 6.72. The van der Waals surface area contributed by atoms with Crippen LogP contribution < -0.4 is 0 Å². The van der Waals surface area contributed by atoms with E-state index < -0.39 is 0 Å². The van der Waals surface area contributed by atoms with Crippen molar-refractivity contribution >= 4 is 9.24 Å². The number of hydrogen-bond donors (Lipinski definition) is 0. The number of hydrogen-bond acceptors (Lipinski definition) is 0. The van der Waals surface area contributed by atoms with E-state index in [1.54, 1.807) is 0 Å². The van der Waals surface area contributed by atoms with Crippen LogP contribution >= 0.6 is 9.24 Å². The number of benzene rings is 2. The normalized spacial score (nSPS) is 14.9. The van der Waals surface area contributed by atoms with E-state index in [1.165, 1.54) is 36.8 Å². The minimum Gasteiger partial charge on any atom is -0.134 e. The third kappa shape index (κ3) is 4.27. The quantitative estimate of drug-likeness (QED) is 0.618. The SMILES string of the molecule is PC1CCCC1.c1ccc(-c2ccccc2)cc1. The van der Waals surface area contributed by atoms with E-state index in [-0.39, 0.29) is 0 Å². The molecule has 1 aliphatic rings. The van der Waals surface area contributed by atoms with Crippen LogP contribution in [-0.2, 0) is 0 Å². The molecule has 0 spiro atoms.